The van der Waals surface area contributed by atoms with Gasteiger partial charge in [0.25, 0.3) is 0 Å². The molecule has 2 heterocycles. The lowest BCUT2D eigenvalue weighted by Gasteiger charge is -2.04. The quantitative estimate of drug-likeness (QED) is 0.490. The van der Waals surface area contributed by atoms with Crippen LogP contribution in [0.25, 0.3) is 17.0 Å². The number of para-hydroxylation sites is 1. The van der Waals surface area contributed by atoms with Crippen LogP contribution >= 0.6 is 11.8 Å². The SMILES string of the molecule is CCOC(=O)C1=C(O)/C(=C/c2cn(CC)c3ccccc23)SC1=Nc1ccc(C)cc1. The highest BCUT2D eigenvalue weighted by molar-refractivity contribution is 8.18. The van der Waals surface area contributed by atoms with Gasteiger partial charge in [-0.3, -0.25) is 0 Å². The number of aliphatic imine (C=N–C) groups is 1. The number of rotatable bonds is 5. The van der Waals surface area contributed by atoms with Crippen molar-refractivity contribution in [2.24, 2.45) is 4.99 Å². The van der Waals surface area contributed by atoms with Crippen molar-refractivity contribution in [2.45, 2.75) is 27.3 Å². The maximum atomic E-state index is 12.6. The minimum absolute atomic E-state index is 0.0948. The molecule has 2 aromatic carbocycles. The largest absolute Gasteiger partial charge is 0.506 e. The van der Waals surface area contributed by atoms with Crippen LogP contribution in [0.5, 0.6) is 0 Å². The average molecular weight is 433 g/mol. The summed E-state index contributed by atoms with van der Waals surface area (Å²) in [6, 6.07) is 15.8. The number of nitrogens with zero attached hydrogens (tertiary/aromatic N) is 2. The monoisotopic (exact) mass is 432 g/mol. The number of carbonyl (C=O) groups is 1. The lowest BCUT2D eigenvalue weighted by atomic mass is 10.1. The fourth-order valence-electron chi connectivity index (χ4n) is 3.52. The number of carbonyl (C=O) groups excluding carboxylic acids is 1. The first-order chi connectivity index (χ1) is 15.0. The first kappa shape index (κ1) is 21.0. The minimum Gasteiger partial charge on any atom is -0.506 e. The molecule has 0 atom stereocenters. The Labute approximate surface area is 185 Å². The maximum absolute atomic E-state index is 12.6. The summed E-state index contributed by atoms with van der Waals surface area (Å²) in [5.41, 5.74) is 4.05. The molecule has 1 aromatic heterocycles. The molecule has 0 saturated heterocycles. The molecule has 0 fully saturated rings. The van der Waals surface area contributed by atoms with Crippen LogP contribution < -0.4 is 0 Å². The van der Waals surface area contributed by atoms with Crippen molar-refractivity contribution in [2.75, 3.05) is 6.61 Å². The molecule has 1 N–H and O–H groups in total. The number of hydrogen-bond acceptors (Lipinski definition) is 5. The molecule has 0 radical (unpaired) electrons. The summed E-state index contributed by atoms with van der Waals surface area (Å²) in [6.07, 6.45) is 3.97. The number of benzene rings is 2. The second-order valence-corrected chi connectivity index (χ2v) is 8.23. The Hall–Kier alpha value is -3.25. The minimum atomic E-state index is -0.572. The summed E-state index contributed by atoms with van der Waals surface area (Å²) in [7, 11) is 0. The fraction of sp³-hybridized carbons (Fsp3) is 0.200. The zero-order valence-electron chi connectivity index (χ0n) is 17.8. The van der Waals surface area contributed by atoms with Gasteiger partial charge in [0.05, 0.1) is 17.2 Å². The van der Waals surface area contributed by atoms with Gasteiger partial charge < -0.3 is 14.4 Å². The van der Waals surface area contributed by atoms with E-state index in [-0.39, 0.29) is 17.9 Å². The summed E-state index contributed by atoms with van der Waals surface area (Å²) in [5, 5.41) is 12.5. The number of aromatic nitrogens is 1. The van der Waals surface area contributed by atoms with E-state index in [4.69, 9.17) is 4.74 Å². The normalized spacial score (nSPS) is 16.6. The zero-order chi connectivity index (χ0) is 22.0. The number of esters is 1. The van der Waals surface area contributed by atoms with Gasteiger partial charge in [-0.25, -0.2) is 9.79 Å². The van der Waals surface area contributed by atoms with Crippen LogP contribution in [0.2, 0.25) is 0 Å². The molecule has 0 bridgehead atoms. The molecule has 158 valence electrons. The zero-order valence-corrected chi connectivity index (χ0v) is 18.6. The van der Waals surface area contributed by atoms with Gasteiger partial charge in [-0.15, -0.1) is 0 Å². The number of hydrogen-bond donors (Lipinski definition) is 1. The second kappa shape index (κ2) is 8.86. The van der Waals surface area contributed by atoms with Crippen molar-refractivity contribution in [1.82, 2.24) is 4.57 Å². The highest BCUT2D eigenvalue weighted by Crippen LogP contribution is 2.41. The third kappa shape index (κ3) is 4.16. The second-order valence-electron chi connectivity index (χ2n) is 7.19. The van der Waals surface area contributed by atoms with Gasteiger partial charge in [0.15, 0.2) is 0 Å². The summed E-state index contributed by atoms with van der Waals surface area (Å²) >= 11 is 1.28. The van der Waals surface area contributed by atoms with E-state index in [1.54, 1.807) is 6.92 Å². The molecule has 6 heteroatoms. The van der Waals surface area contributed by atoms with Crippen LogP contribution in [0.1, 0.15) is 25.0 Å². The van der Waals surface area contributed by atoms with E-state index in [2.05, 4.69) is 34.8 Å². The predicted molar refractivity (Wildman–Crippen MR) is 128 cm³/mol. The Balaban J connectivity index is 1.81. The van der Waals surface area contributed by atoms with E-state index < -0.39 is 5.97 Å². The Kier molecular flexibility index (Phi) is 6.00. The first-order valence-electron chi connectivity index (χ1n) is 10.3. The number of aliphatic hydroxyl groups is 1. The number of fused-ring (bicyclic) bond motifs is 1. The van der Waals surface area contributed by atoms with Crippen LogP contribution in [-0.2, 0) is 16.1 Å². The fourth-order valence-corrected chi connectivity index (χ4v) is 4.55. The van der Waals surface area contributed by atoms with Gasteiger partial charge in [0.2, 0.25) is 0 Å². The first-order valence-corrected chi connectivity index (χ1v) is 11.1. The van der Waals surface area contributed by atoms with Crippen molar-refractivity contribution in [3.05, 3.63) is 82.1 Å². The lowest BCUT2D eigenvalue weighted by Crippen LogP contribution is -2.12. The van der Waals surface area contributed by atoms with E-state index in [1.807, 2.05) is 49.4 Å². The van der Waals surface area contributed by atoms with Crippen LogP contribution in [0.15, 0.2) is 76.0 Å². The molecule has 0 aliphatic carbocycles. The highest BCUT2D eigenvalue weighted by Gasteiger charge is 2.33. The van der Waals surface area contributed by atoms with E-state index in [0.717, 1.165) is 28.6 Å². The molecule has 0 spiro atoms. The lowest BCUT2D eigenvalue weighted by molar-refractivity contribution is -0.138. The summed E-state index contributed by atoms with van der Waals surface area (Å²) in [5.74, 6) is -0.666. The standard InChI is InChI=1S/C25H24N2O3S/c1-4-27-15-17(19-8-6-7-9-20(19)27)14-21-23(28)22(25(29)30-5-2)24(31-21)26-18-12-10-16(3)11-13-18/h6-15,28H,4-5H2,1-3H3/b21-14-,26-24?. The Morgan fingerprint density at radius 3 is 2.61 bits per heavy atom. The van der Waals surface area contributed by atoms with Crippen molar-refractivity contribution >= 4 is 45.4 Å². The Morgan fingerprint density at radius 2 is 1.90 bits per heavy atom. The van der Waals surface area contributed by atoms with E-state index in [0.29, 0.717) is 15.6 Å². The number of ether oxygens (including phenoxy) is 1. The smallest absolute Gasteiger partial charge is 0.344 e. The Morgan fingerprint density at radius 1 is 1.16 bits per heavy atom. The molecule has 1 aliphatic heterocycles. The molecule has 4 rings (SSSR count). The molecule has 0 saturated carbocycles. The molecule has 31 heavy (non-hydrogen) atoms. The van der Waals surface area contributed by atoms with E-state index >= 15 is 0 Å². The van der Waals surface area contributed by atoms with Crippen LogP contribution in [-0.4, -0.2) is 27.3 Å². The van der Waals surface area contributed by atoms with Crippen molar-refractivity contribution < 1.29 is 14.6 Å². The van der Waals surface area contributed by atoms with Crippen molar-refractivity contribution in [3.63, 3.8) is 0 Å². The van der Waals surface area contributed by atoms with E-state index in [1.165, 1.54) is 11.8 Å². The topological polar surface area (TPSA) is 63.8 Å². The number of aliphatic hydroxyl groups excluding tert-OH is 1. The van der Waals surface area contributed by atoms with Gasteiger partial charge in [-0.1, -0.05) is 47.7 Å². The van der Waals surface area contributed by atoms with Gasteiger partial charge >= 0.3 is 5.97 Å². The maximum Gasteiger partial charge on any atom is 0.344 e. The van der Waals surface area contributed by atoms with Crippen LogP contribution in [0.4, 0.5) is 5.69 Å². The third-order valence-electron chi connectivity index (χ3n) is 5.08. The van der Waals surface area contributed by atoms with Crippen LogP contribution in [0, 0.1) is 6.92 Å². The Bertz CT molecular complexity index is 1230. The summed E-state index contributed by atoms with van der Waals surface area (Å²) in [4.78, 5) is 17.8. The van der Waals surface area contributed by atoms with Gasteiger partial charge in [0, 0.05) is 29.2 Å². The molecule has 0 unspecified atom stereocenters. The third-order valence-corrected chi connectivity index (χ3v) is 6.10. The molecule has 3 aromatic rings. The molecule has 1 aliphatic rings. The van der Waals surface area contributed by atoms with Gasteiger partial charge in [-0.2, -0.15) is 0 Å². The summed E-state index contributed by atoms with van der Waals surface area (Å²) < 4.78 is 7.35. The molecule has 0 amide bonds. The number of aryl methyl sites for hydroxylation is 2. The van der Waals surface area contributed by atoms with Crippen LogP contribution in [0.3, 0.4) is 0 Å². The van der Waals surface area contributed by atoms with E-state index in [9.17, 15) is 9.90 Å². The number of thioether (sulfide) groups is 1. The van der Waals surface area contributed by atoms with Gasteiger partial charge in [0.1, 0.15) is 16.4 Å². The molecular formula is C25H24N2O3S. The van der Waals surface area contributed by atoms with Crippen molar-refractivity contribution in [3.8, 4) is 0 Å². The molecule has 5 nitrogen and oxygen atoms in total. The van der Waals surface area contributed by atoms with Crippen molar-refractivity contribution in [1.29, 1.82) is 0 Å². The van der Waals surface area contributed by atoms with Gasteiger partial charge in [-0.05, 0) is 45.0 Å². The average Bonchev–Trinajstić information content (AvgIpc) is 3.27. The highest BCUT2D eigenvalue weighted by atomic mass is 32.2. The summed E-state index contributed by atoms with van der Waals surface area (Å²) in [6.45, 7) is 6.90. The predicted octanol–water partition coefficient (Wildman–Crippen LogP) is 6.16. The molecular weight excluding hydrogens is 408 g/mol.